The van der Waals surface area contributed by atoms with Gasteiger partial charge in [-0.1, -0.05) is 0 Å². The molecular weight excluding hydrogens is 198 g/mol. The van der Waals surface area contributed by atoms with Gasteiger partial charge in [0.1, 0.15) is 0 Å². The van der Waals surface area contributed by atoms with Gasteiger partial charge in [-0.05, 0) is 20.0 Å². The molecule has 0 bridgehead atoms. The van der Waals surface area contributed by atoms with Gasteiger partial charge in [0.25, 0.3) is 5.92 Å². The lowest BCUT2D eigenvalue weighted by atomic mass is 9.96. The van der Waals surface area contributed by atoms with Crippen LogP contribution in [0.15, 0.2) is 0 Å². The van der Waals surface area contributed by atoms with E-state index in [0.29, 0.717) is 0 Å². The van der Waals surface area contributed by atoms with Crippen molar-refractivity contribution in [2.45, 2.75) is 24.3 Å². The van der Waals surface area contributed by atoms with Crippen molar-refractivity contribution in [1.29, 1.82) is 0 Å². The van der Waals surface area contributed by atoms with E-state index in [1.54, 1.807) is 0 Å². The second-order valence-electron chi connectivity index (χ2n) is 4.15. The molecule has 2 fully saturated rings. The van der Waals surface area contributed by atoms with Gasteiger partial charge in [-0.3, -0.25) is 0 Å². The molecule has 1 N–H and O–H groups in total. The summed E-state index contributed by atoms with van der Waals surface area (Å²) >= 11 is 0. The highest BCUT2D eigenvalue weighted by molar-refractivity contribution is 5.85. The van der Waals surface area contributed by atoms with Crippen LogP contribution in [0.5, 0.6) is 0 Å². The van der Waals surface area contributed by atoms with Crippen molar-refractivity contribution < 1.29 is 8.78 Å². The highest BCUT2D eigenvalue weighted by Crippen LogP contribution is 2.37. The van der Waals surface area contributed by atoms with E-state index in [1.807, 2.05) is 7.05 Å². The number of nitrogens with one attached hydrogen (secondary N) is 1. The van der Waals surface area contributed by atoms with Gasteiger partial charge in [0.15, 0.2) is 0 Å². The summed E-state index contributed by atoms with van der Waals surface area (Å²) in [4.78, 5) is 2.11. The third kappa shape index (κ3) is 2.11. The minimum atomic E-state index is -2.48. The van der Waals surface area contributed by atoms with E-state index in [2.05, 4.69) is 10.2 Å². The van der Waals surface area contributed by atoms with Crippen molar-refractivity contribution in [2.24, 2.45) is 0 Å². The molecule has 2 saturated heterocycles. The Morgan fingerprint density at radius 3 is 2.46 bits per heavy atom. The van der Waals surface area contributed by atoms with Crippen molar-refractivity contribution in [3.05, 3.63) is 0 Å². The first-order valence-corrected chi connectivity index (χ1v) is 4.33. The Morgan fingerprint density at radius 1 is 1.38 bits per heavy atom. The van der Waals surface area contributed by atoms with Crippen LogP contribution in [0, 0.1) is 0 Å². The molecule has 1 spiro atoms. The minimum absolute atomic E-state index is 0. The maximum atomic E-state index is 12.9. The van der Waals surface area contributed by atoms with E-state index in [0.717, 1.165) is 19.5 Å². The largest absolute Gasteiger partial charge is 0.304 e. The van der Waals surface area contributed by atoms with E-state index >= 15 is 0 Å². The zero-order valence-corrected chi connectivity index (χ0v) is 8.46. The smallest absolute Gasteiger partial charge is 0.262 e. The fraction of sp³-hybridized carbons (Fsp3) is 1.00. The Labute approximate surface area is 83.1 Å². The van der Waals surface area contributed by atoms with Crippen LogP contribution in [0.1, 0.15) is 12.8 Å². The first kappa shape index (κ1) is 11.1. The lowest BCUT2D eigenvalue weighted by Gasteiger charge is -2.22. The van der Waals surface area contributed by atoms with E-state index in [1.165, 1.54) is 0 Å². The molecule has 78 valence electrons. The standard InChI is InChI=1S/C8H14F2N2.ClH/c1-12-3-2-7(6-12)4-8(9,10)5-11-7;/h11H,2-6H2,1H3;1H. The van der Waals surface area contributed by atoms with Crippen LogP contribution in [-0.2, 0) is 0 Å². The Hall–Kier alpha value is 0.0700. The summed E-state index contributed by atoms with van der Waals surface area (Å²) < 4.78 is 25.8. The molecule has 13 heavy (non-hydrogen) atoms. The molecule has 2 aliphatic rings. The predicted octanol–water partition coefficient (Wildman–Crippen LogP) is 1.11. The van der Waals surface area contributed by atoms with Gasteiger partial charge in [0.05, 0.1) is 6.54 Å². The van der Waals surface area contributed by atoms with Crippen LogP contribution in [-0.4, -0.2) is 43.0 Å². The highest BCUT2D eigenvalue weighted by Gasteiger charge is 2.51. The van der Waals surface area contributed by atoms with E-state index in [4.69, 9.17) is 0 Å². The SMILES string of the molecule is CN1CCC2(C1)CC(F)(F)CN2.Cl. The highest BCUT2D eigenvalue weighted by atomic mass is 35.5. The van der Waals surface area contributed by atoms with Gasteiger partial charge >= 0.3 is 0 Å². The number of alkyl halides is 2. The zero-order chi connectivity index (χ0) is 8.82. The van der Waals surface area contributed by atoms with Gasteiger partial charge < -0.3 is 10.2 Å². The minimum Gasteiger partial charge on any atom is -0.304 e. The van der Waals surface area contributed by atoms with Gasteiger partial charge in [0, 0.05) is 18.5 Å². The normalized spacial score (nSPS) is 38.1. The van der Waals surface area contributed by atoms with Crippen molar-refractivity contribution in [1.82, 2.24) is 10.2 Å². The van der Waals surface area contributed by atoms with Crippen LogP contribution < -0.4 is 5.32 Å². The third-order valence-electron chi connectivity index (χ3n) is 2.86. The van der Waals surface area contributed by atoms with Crippen molar-refractivity contribution in [2.75, 3.05) is 26.7 Å². The molecule has 0 aromatic rings. The van der Waals surface area contributed by atoms with Crippen LogP contribution >= 0.6 is 12.4 Å². The summed E-state index contributed by atoms with van der Waals surface area (Å²) in [6, 6.07) is 0. The van der Waals surface area contributed by atoms with Crippen LogP contribution in [0.25, 0.3) is 0 Å². The second kappa shape index (κ2) is 3.33. The third-order valence-corrected chi connectivity index (χ3v) is 2.86. The van der Waals surface area contributed by atoms with Crippen molar-refractivity contribution >= 4 is 12.4 Å². The lowest BCUT2D eigenvalue weighted by molar-refractivity contribution is 0.0163. The number of nitrogens with zero attached hydrogens (tertiary/aromatic N) is 1. The summed E-state index contributed by atoms with van der Waals surface area (Å²) in [5.41, 5.74) is -0.280. The summed E-state index contributed by atoms with van der Waals surface area (Å²) in [5, 5.41) is 2.96. The van der Waals surface area contributed by atoms with Gasteiger partial charge in [0.2, 0.25) is 0 Å². The Balaban J connectivity index is 0.000000845. The van der Waals surface area contributed by atoms with Gasteiger partial charge in [-0.25, -0.2) is 8.78 Å². The van der Waals surface area contributed by atoms with Crippen LogP contribution in [0.4, 0.5) is 8.78 Å². The maximum absolute atomic E-state index is 12.9. The molecular formula is C8H15ClF2N2. The number of likely N-dealkylation sites (N-methyl/N-ethyl adjacent to an activating group) is 1. The number of likely N-dealkylation sites (tertiary alicyclic amines) is 1. The summed E-state index contributed by atoms with van der Waals surface area (Å²) in [6.45, 7) is 1.56. The van der Waals surface area contributed by atoms with E-state index in [9.17, 15) is 8.78 Å². The molecule has 0 aromatic carbocycles. The Bertz CT molecular complexity index is 201. The molecule has 2 rings (SSSR count). The molecule has 1 unspecified atom stereocenters. The summed E-state index contributed by atoms with van der Waals surface area (Å²) in [6.07, 6.45) is 0.878. The fourth-order valence-corrected chi connectivity index (χ4v) is 2.31. The molecule has 0 saturated carbocycles. The molecule has 0 aliphatic carbocycles. The monoisotopic (exact) mass is 212 g/mol. The Kier molecular flexibility index (Phi) is 2.86. The molecule has 1 atom stereocenters. The first-order chi connectivity index (χ1) is 5.52. The molecule has 2 heterocycles. The molecule has 5 heteroatoms. The number of rotatable bonds is 0. The van der Waals surface area contributed by atoms with Crippen molar-refractivity contribution in [3.63, 3.8) is 0 Å². The Morgan fingerprint density at radius 2 is 2.08 bits per heavy atom. The molecule has 0 radical (unpaired) electrons. The molecule has 2 nitrogen and oxygen atoms in total. The fourth-order valence-electron chi connectivity index (χ4n) is 2.31. The summed E-state index contributed by atoms with van der Waals surface area (Å²) in [5.74, 6) is -2.48. The summed E-state index contributed by atoms with van der Waals surface area (Å²) in [7, 11) is 1.98. The molecule has 0 amide bonds. The van der Waals surface area contributed by atoms with Crippen LogP contribution in [0.2, 0.25) is 0 Å². The lowest BCUT2D eigenvalue weighted by Crippen LogP contribution is -2.41. The first-order valence-electron chi connectivity index (χ1n) is 4.33. The second-order valence-corrected chi connectivity index (χ2v) is 4.15. The molecule has 2 aliphatic heterocycles. The average molecular weight is 213 g/mol. The molecule has 0 aromatic heterocycles. The number of hydrogen-bond donors (Lipinski definition) is 1. The zero-order valence-electron chi connectivity index (χ0n) is 7.65. The van der Waals surface area contributed by atoms with Crippen LogP contribution in [0.3, 0.4) is 0 Å². The maximum Gasteiger partial charge on any atom is 0.262 e. The average Bonchev–Trinajstić information content (AvgIpc) is 2.41. The number of hydrogen-bond acceptors (Lipinski definition) is 2. The quantitative estimate of drug-likeness (QED) is 0.647. The van der Waals surface area contributed by atoms with E-state index in [-0.39, 0.29) is 30.9 Å². The number of halogens is 3. The predicted molar refractivity (Wildman–Crippen MR) is 49.7 cm³/mol. The van der Waals surface area contributed by atoms with E-state index < -0.39 is 5.92 Å². The van der Waals surface area contributed by atoms with Gasteiger partial charge in [-0.2, -0.15) is 0 Å². The topological polar surface area (TPSA) is 15.3 Å². The van der Waals surface area contributed by atoms with Gasteiger partial charge in [-0.15, -0.1) is 12.4 Å². The van der Waals surface area contributed by atoms with Crippen molar-refractivity contribution in [3.8, 4) is 0 Å².